The fraction of sp³-hybridized carbons (Fsp3) is 0.429. The van der Waals surface area contributed by atoms with Gasteiger partial charge in [0.15, 0.2) is 11.6 Å². The molecule has 0 saturated carbocycles. The second-order valence-electron chi connectivity index (χ2n) is 8.27. The van der Waals surface area contributed by atoms with E-state index in [1.54, 1.807) is 6.20 Å². The summed E-state index contributed by atoms with van der Waals surface area (Å²) in [5, 5.41) is 12.6. The third kappa shape index (κ3) is 2.93. The van der Waals surface area contributed by atoms with Gasteiger partial charge < -0.3 is 9.64 Å². The average molecular weight is 471 g/mol. The Morgan fingerprint density at radius 3 is 2.97 bits per heavy atom. The first-order chi connectivity index (χ1) is 16.0. The molecule has 3 aliphatic rings. The third-order valence-corrected chi connectivity index (χ3v) is 7.45. The van der Waals surface area contributed by atoms with Crippen LogP contribution >= 0.6 is 11.9 Å². The number of hydrogen-bond acceptors (Lipinski definition) is 9. The summed E-state index contributed by atoms with van der Waals surface area (Å²) < 4.78 is 39.9. The number of aromatic nitrogens is 5. The summed E-state index contributed by atoms with van der Waals surface area (Å²) in [4.78, 5) is 11.8. The number of rotatable bonds is 3. The summed E-state index contributed by atoms with van der Waals surface area (Å²) in [5.41, 5.74) is 0.573. The van der Waals surface area contributed by atoms with E-state index in [2.05, 4.69) is 36.6 Å². The van der Waals surface area contributed by atoms with Crippen LogP contribution in [0.25, 0.3) is 5.69 Å². The first-order valence-electron chi connectivity index (χ1n) is 10.7. The highest BCUT2D eigenvalue weighted by Gasteiger charge is 2.50. The number of benzene rings is 1. The fourth-order valence-electron chi connectivity index (χ4n) is 4.86. The Morgan fingerprint density at radius 2 is 2.15 bits per heavy atom. The molecule has 6 rings (SSSR count). The van der Waals surface area contributed by atoms with Crippen molar-refractivity contribution >= 4 is 17.8 Å². The first kappa shape index (κ1) is 20.6. The number of ether oxygens (including phenoxy) is 1. The zero-order valence-electron chi connectivity index (χ0n) is 17.9. The normalized spacial score (nSPS) is 25.6. The van der Waals surface area contributed by atoms with Gasteiger partial charge in [0.05, 0.1) is 19.4 Å². The van der Waals surface area contributed by atoms with Crippen LogP contribution in [0.1, 0.15) is 47.7 Å². The third-order valence-electron chi connectivity index (χ3n) is 6.56. The zero-order chi connectivity index (χ0) is 22.7. The Kier molecular flexibility index (Phi) is 4.70. The van der Waals surface area contributed by atoms with Crippen LogP contribution < -0.4 is 4.90 Å². The van der Waals surface area contributed by atoms with Gasteiger partial charge in [-0.2, -0.15) is 5.11 Å². The van der Waals surface area contributed by atoms with Crippen molar-refractivity contribution in [1.29, 1.82) is 0 Å². The van der Waals surface area contributed by atoms with E-state index in [0.29, 0.717) is 25.6 Å². The van der Waals surface area contributed by atoms with Crippen molar-refractivity contribution in [3.63, 3.8) is 0 Å². The molecule has 5 heterocycles. The summed E-state index contributed by atoms with van der Waals surface area (Å²) in [6, 6.07) is 2.84. The number of fused-ring (bicyclic) bond motifs is 6. The predicted octanol–water partition coefficient (Wildman–Crippen LogP) is 4.00. The van der Waals surface area contributed by atoms with Crippen molar-refractivity contribution < 1.29 is 13.5 Å². The molecule has 9 nitrogen and oxygen atoms in total. The second kappa shape index (κ2) is 7.52. The highest BCUT2D eigenvalue weighted by molar-refractivity contribution is 7.98. The van der Waals surface area contributed by atoms with Gasteiger partial charge in [-0.1, -0.05) is 13.0 Å². The Morgan fingerprint density at radius 1 is 1.27 bits per heavy atom. The maximum atomic E-state index is 14.5. The van der Waals surface area contributed by atoms with Crippen molar-refractivity contribution in [2.45, 2.75) is 37.1 Å². The van der Waals surface area contributed by atoms with Gasteiger partial charge in [-0.25, -0.2) is 18.7 Å². The van der Waals surface area contributed by atoms with Crippen LogP contribution in [0.5, 0.6) is 0 Å². The number of anilines is 1. The Balaban J connectivity index is 1.47. The molecule has 3 aromatic rings. The summed E-state index contributed by atoms with van der Waals surface area (Å²) in [6.45, 7) is 5.69. The van der Waals surface area contributed by atoms with Gasteiger partial charge in [-0.15, -0.1) is 14.7 Å². The minimum atomic E-state index is -0.660. The van der Waals surface area contributed by atoms with Crippen molar-refractivity contribution in [2.24, 2.45) is 9.63 Å². The topological polar surface area (TPSA) is 93.7 Å². The van der Waals surface area contributed by atoms with E-state index in [-0.39, 0.29) is 5.56 Å². The predicted molar refractivity (Wildman–Crippen MR) is 116 cm³/mol. The molecule has 1 fully saturated rings. The summed E-state index contributed by atoms with van der Waals surface area (Å²) in [7, 11) is 0. The lowest BCUT2D eigenvalue weighted by Gasteiger charge is -2.49. The van der Waals surface area contributed by atoms with Gasteiger partial charge in [0.1, 0.15) is 45.8 Å². The quantitative estimate of drug-likeness (QED) is 0.534. The Labute approximate surface area is 192 Å². The van der Waals surface area contributed by atoms with Gasteiger partial charge in [0.2, 0.25) is 0 Å². The average Bonchev–Trinajstić information content (AvgIpc) is 3.46. The molecule has 0 aliphatic carbocycles. The standard InChI is InChI=1S/C21H20F2N8OS/c1-3-21-10-32-7-6-30(21)19-15(31-11(2)26-28-20(21)31)9-24-18(25-19)17-16(27-29-33-17)13-5-4-12(22)8-14(13)23/h4-5,8-9,16-17H,3,6-7,10H2,1-2H3/t16?,17?,21-/m0/s1. The van der Waals surface area contributed by atoms with Crippen LogP contribution in [-0.2, 0) is 10.3 Å². The molecule has 12 heteroatoms. The van der Waals surface area contributed by atoms with Gasteiger partial charge in [-0.05, 0) is 19.4 Å². The highest BCUT2D eigenvalue weighted by atomic mass is 32.2. The molecule has 3 atom stereocenters. The molecule has 0 amide bonds. The molecular weight excluding hydrogens is 450 g/mol. The van der Waals surface area contributed by atoms with Crippen LogP contribution in [0.4, 0.5) is 14.6 Å². The van der Waals surface area contributed by atoms with E-state index < -0.39 is 28.5 Å². The number of morpholine rings is 1. The SMILES string of the molecule is CC[C@@]12COCCN1c1nc(C3SN=NC3c3ccc(F)cc3F)ncc1-n1c(C)nnc12. The van der Waals surface area contributed by atoms with Gasteiger partial charge in [-0.3, -0.25) is 4.57 Å². The molecule has 0 radical (unpaired) electrons. The largest absolute Gasteiger partial charge is 0.377 e. The molecule has 1 aromatic carbocycles. The van der Waals surface area contributed by atoms with E-state index >= 15 is 0 Å². The van der Waals surface area contributed by atoms with Crippen molar-refractivity contribution in [2.75, 3.05) is 24.7 Å². The van der Waals surface area contributed by atoms with E-state index in [1.165, 1.54) is 24.1 Å². The van der Waals surface area contributed by atoms with E-state index in [9.17, 15) is 8.78 Å². The minimum absolute atomic E-state index is 0.266. The van der Waals surface area contributed by atoms with Gasteiger partial charge >= 0.3 is 0 Å². The van der Waals surface area contributed by atoms with Crippen molar-refractivity contribution in [1.82, 2.24) is 24.7 Å². The smallest absolute Gasteiger partial charge is 0.166 e. The monoisotopic (exact) mass is 470 g/mol. The maximum absolute atomic E-state index is 14.5. The molecule has 1 saturated heterocycles. The van der Waals surface area contributed by atoms with E-state index in [0.717, 1.165) is 35.6 Å². The van der Waals surface area contributed by atoms with E-state index in [4.69, 9.17) is 9.72 Å². The molecule has 2 aromatic heterocycles. The van der Waals surface area contributed by atoms with Crippen LogP contribution in [-0.4, -0.2) is 44.5 Å². The molecule has 3 aliphatic heterocycles. The lowest BCUT2D eigenvalue weighted by Crippen LogP contribution is -2.58. The molecule has 2 unspecified atom stereocenters. The highest BCUT2D eigenvalue weighted by Crippen LogP contribution is 2.50. The minimum Gasteiger partial charge on any atom is -0.377 e. The van der Waals surface area contributed by atoms with Crippen LogP contribution in [0, 0.1) is 18.6 Å². The molecule has 33 heavy (non-hydrogen) atoms. The lowest BCUT2D eigenvalue weighted by molar-refractivity contribution is 0.0389. The summed E-state index contributed by atoms with van der Waals surface area (Å²) in [6.07, 6.45) is 2.51. The zero-order valence-corrected chi connectivity index (χ0v) is 18.8. The van der Waals surface area contributed by atoms with E-state index in [1.807, 2.05) is 11.5 Å². The lowest BCUT2D eigenvalue weighted by atomic mass is 9.90. The molecule has 0 bridgehead atoms. The van der Waals surface area contributed by atoms with Crippen LogP contribution in [0.3, 0.4) is 0 Å². The maximum Gasteiger partial charge on any atom is 0.166 e. The fourth-order valence-corrected chi connectivity index (χ4v) is 5.64. The Bertz CT molecular complexity index is 1280. The Hall–Kier alpha value is -2.99. The van der Waals surface area contributed by atoms with Crippen molar-refractivity contribution in [3.8, 4) is 5.69 Å². The number of nitrogens with zero attached hydrogens (tertiary/aromatic N) is 8. The molecular formula is C21H20F2N8OS. The molecule has 170 valence electrons. The van der Waals surface area contributed by atoms with Crippen LogP contribution in [0.15, 0.2) is 34.0 Å². The second-order valence-corrected chi connectivity index (χ2v) is 9.15. The number of aryl methyl sites for hydroxylation is 1. The van der Waals surface area contributed by atoms with Crippen LogP contribution in [0.2, 0.25) is 0 Å². The summed E-state index contributed by atoms with van der Waals surface area (Å²) in [5.74, 6) is 1.51. The van der Waals surface area contributed by atoms with Gasteiger partial charge in [0.25, 0.3) is 0 Å². The number of hydrogen-bond donors (Lipinski definition) is 0. The number of halogens is 2. The summed E-state index contributed by atoms with van der Waals surface area (Å²) >= 11 is 1.18. The molecule has 0 spiro atoms. The first-order valence-corrected chi connectivity index (χ1v) is 11.5. The molecule has 0 N–H and O–H groups in total. The van der Waals surface area contributed by atoms with Crippen molar-refractivity contribution in [3.05, 3.63) is 59.1 Å². The van der Waals surface area contributed by atoms with Gasteiger partial charge in [0, 0.05) is 30.1 Å².